The van der Waals surface area contributed by atoms with E-state index < -0.39 is 0 Å². The Hall–Kier alpha value is -1.88. The first-order valence-electron chi connectivity index (χ1n) is 6.48. The van der Waals surface area contributed by atoms with Crippen LogP contribution in [-0.4, -0.2) is 23.9 Å². The third kappa shape index (κ3) is 3.32. The average molecular weight is 261 g/mol. The van der Waals surface area contributed by atoms with E-state index in [-0.39, 0.29) is 6.04 Å². The van der Waals surface area contributed by atoms with Gasteiger partial charge in [0.2, 0.25) is 11.8 Å². The van der Waals surface area contributed by atoms with Crippen LogP contribution in [0.3, 0.4) is 0 Å². The van der Waals surface area contributed by atoms with E-state index in [0.29, 0.717) is 18.4 Å². The van der Waals surface area contributed by atoms with E-state index in [2.05, 4.69) is 22.4 Å². The number of hydrogen-bond acceptors (Lipinski definition) is 5. The Morgan fingerprint density at radius 1 is 1.37 bits per heavy atom. The zero-order chi connectivity index (χ0) is 13.7. The summed E-state index contributed by atoms with van der Waals surface area (Å²) in [5.74, 6) is 1.91. The zero-order valence-corrected chi connectivity index (χ0v) is 11.5. The normalized spacial score (nSPS) is 12.4. The second-order valence-corrected chi connectivity index (χ2v) is 4.33. The molecular formula is C14H19N3O2. The summed E-state index contributed by atoms with van der Waals surface area (Å²) in [6.45, 7) is 4.75. The molecule has 1 unspecified atom stereocenters. The summed E-state index contributed by atoms with van der Waals surface area (Å²) >= 11 is 0. The number of ether oxygens (including phenoxy) is 1. The first-order chi connectivity index (χ1) is 9.24. The molecule has 0 bridgehead atoms. The standard InChI is InChI=1S/C14H19N3O2/c1-4-8-18-12-7-5-6-11(9-12)14-17-16-13(19-14)10(2)15-3/h5-7,9-10,15H,4,8H2,1-3H3. The van der Waals surface area contributed by atoms with Crippen LogP contribution in [0, 0.1) is 0 Å². The van der Waals surface area contributed by atoms with Crippen molar-refractivity contribution in [3.8, 4) is 17.2 Å². The van der Waals surface area contributed by atoms with E-state index in [1.54, 1.807) is 0 Å². The molecule has 1 N–H and O–H groups in total. The summed E-state index contributed by atoms with van der Waals surface area (Å²) in [5.41, 5.74) is 0.871. The second-order valence-electron chi connectivity index (χ2n) is 4.33. The van der Waals surface area contributed by atoms with Gasteiger partial charge in [0, 0.05) is 5.56 Å². The minimum absolute atomic E-state index is 0.0424. The van der Waals surface area contributed by atoms with E-state index in [9.17, 15) is 0 Å². The maximum atomic E-state index is 5.64. The minimum Gasteiger partial charge on any atom is -0.494 e. The van der Waals surface area contributed by atoms with Crippen LogP contribution in [0.25, 0.3) is 11.5 Å². The van der Waals surface area contributed by atoms with Crippen molar-refractivity contribution in [3.05, 3.63) is 30.2 Å². The van der Waals surface area contributed by atoms with Crippen LogP contribution in [0.2, 0.25) is 0 Å². The summed E-state index contributed by atoms with van der Waals surface area (Å²) < 4.78 is 11.2. The van der Waals surface area contributed by atoms with E-state index >= 15 is 0 Å². The fourth-order valence-corrected chi connectivity index (χ4v) is 1.59. The summed E-state index contributed by atoms with van der Waals surface area (Å²) in [7, 11) is 1.85. The first-order valence-corrected chi connectivity index (χ1v) is 6.48. The van der Waals surface area contributed by atoms with Gasteiger partial charge in [-0.15, -0.1) is 10.2 Å². The van der Waals surface area contributed by atoms with Gasteiger partial charge in [-0.1, -0.05) is 13.0 Å². The Morgan fingerprint density at radius 2 is 2.21 bits per heavy atom. The molecule has 19 heavy (non-hydrogen) atoms. The molecule has 0 fully saturated rings. The average Bonchev–Trinajstić information content (AvgIpc) is 2.94. The van der Waals surface area contributed by atoms with Crippen LogP contribution < -0.4 is 10.1 Å². The lowest BCUT2D eigenvalue weighted by Gasteiger charge is -2.05. The van der Waals surface area contributed by atoms with Crippen LogP contribution in [-0.2, 0) is 0 Å². The van der Waals surface area contributed by atoms with Crippen LogP contribution in [0.1, 0.15) is 32.2 Å². The lowest BCUT2D eigenvalue weighted by atomic mass is 10.2. The highest BCUT2D eigenvalue weighted by Crippen LogP contribution is 2.24. The fraction of sp³-hybridized carbons (Fsp3) is 0.429. The van der Waals surface area contributed by atoms with E-state index in [4.69, 9.17) is 9.15 Å². The fourth-order valence-electron chi connectivity index (χ4n) is 1.59. The molecule has 0 saturated heterocycles. The molecule has 5 nitrogen and oxygen atoms in total. The molecule has 0 aliphatic heterocycles. The lowest BCUT2D eigenvalue weighted by Crippen LogP contribution is -2.12. The third-order valence-corrected chi connectivity index (χ3v) is 2.80. The number of hydrogen-bond donors (Lipinski definition) is 1. The van der Waals surface area contributed by atoms with Gasteiger partial charge >= 0.3 is 0 Å². The van der Waals surface area contributed by atoms with Gasteiger partial charge in [0.1, 0.15) is 5.75 Å². The Balaban J connectivity index is 2.19. The monoisotopic (exact) mass is 261 g/mol. The number of aromatic nitrogens is 2. The molecule has 0 aliphatic carbocycles. The molecule has 0 saturated carbocycles. The molecule has 0 amide bonds. The van der Waals surface area contributed by atoms with Crippen molar-refractivity contribution in [3.63, 3.8) is 0 Å². The van der Waals surface area contributed by atoms with Crippen molar-refractivity contribution in [2.75, 3.05) is 13.7 Å². The first kappa shape index (κ1) is 13.5. The molecule has 1 heterocycles. The predicted molar refractivity (Wildman–Crippen MR) is 73.0 cm³/mol. The summed E-state index contributed by atoms with van der Waals surface area (Å²) in [4.78, 5) is 0. The van der Waals surface area contributed by atoms with Crippen molar-refractivity contribution in [1.82, 2.24) is 15.5 Å². The quantitative estimate of drug-likeness (QED) is 0.866. The third-order valence-electron chi connectivity index (χ3n) is 2.80. The molecule has 2 rings (SSSR count). The molecular weight excluding hydrogens is 242 g/mol. The summed E-state index contributed by atoms with van der Waals surface area (Å²) in [6.07, 6.45) is 0.981. The number of nitrogens with one attached hydrogen (secondary N) is 1. The van der Waals surface area contributed by atoms with E-state index in [1.807, 2.05) is 38.2 Å². The van der Waals surface area contributed by atoms with Gasteiger partial charge in [0.15, 0.2) is 0 Å². The Bertz CT molecular complexity index is 525. The van der Waals surface area contributed by atoms with Gasteiger partial charge in [0.25, 0.3) is 0 Å². The molecule has 1 aromatic carbocycles. The summed E-state index contributed by atoms with van der Waals surface area (Å²) in [5, 5.41) is 11.2. The topological polar surface area (TPSA) is 60.2 Å². The number of benzene rings is 1. The Labute approximate surface area is 113 Å². The van der Waals surface area contributed by atoms with Gasteiger partial charge in [-0.3, -0.25) is 0 Å². The van der Waals surface area contributed by atoms with E-state index in [1.165, 1.54) is 0 Å². The van der Waals surface area contributed by atoms with Crippen molar-refractivity contribution in [2.45, 2.75) is 26.3 Å². The van der Waals surface area contributed by atoms with Crippen LogP contribution in [0.5, 0.6) is 5.75 Å². The smallest absolute Gasteiger partial charge is 0.247 e. The molecule has 1 aromatic heterocycles. The highest BCUT2D eigenvalue weighted by molar-refractivity contribution is 5.55. The van der Waals surface area contributed by atoms with Gasteiger partial charge in [0.05, 0.1) is 12.6 Å². The van der Waals surface area contributed by atoms with Crippen molar-refractivity contribution < 1.29 is 9.15 Å². The van der Waals surface area contributed by atoms with Crippen molar-refractivity contribution >= 4 is 0 Å². The molecule has 1 atom stereocenters. The second kappa shape index (κ2) is 6.33. The number of nitrogens with zero attached hydrogens (tertiary/aromatic N) is 2. The Morgan fingerprint density at radius 3 is 2.95 bits per heavy atom. The van der Waals surface area contributed by atoms with E-state index in [0.717, 1.165) is 17.7 Å². The number of rotatable bonds is 6. The zero-order valence-electron chi connectivity index (χ0n) is 11.5. The largest absolute Gasteiger partial charge is 0.494 e. The molecule has 5 heteroatoms. The van der Waals surface area contributed by atoms with Crippen LogP contribution in [0.4, 0.5) is 0 Å². The maximum absolute atomic E-state index is 5.64. The van der Waals surface area contributed by atoms with Gasteiger partial charge in [-0.2, -0.15) is 0 Å². The highest BCUT2D eigenvalue weighted by atomic mass is 16.5. The molecule has 102 valence electrons. The predicted octanol–water partition coefficient (Wildman–Crippen LogP) is 2.81. The Kier molecular flexibility index (Phi) is 4.52. The van der Waals surface area contributed by atoms with Crippen molar-refractivity contribution in [2.24, 2.45) is 0 Å². The maximum Gasteiger partial charge on any atom is 0.247 e. The minimum atomic E-state index is 0.0424. The van der Waals surface area contributed by atoms with Crippen LogP contribution in [0.15, 0.2) is 28.7 Å². The molecule has 0 aliphatic rings. The van der Waals surface area contributed by atoms with Crippen molar-refractivity contribution in [1.29, 1.82) is 0 Å². The van der Waals surface area contributed by atoms with Gasteiger partial charge in [-0.05, 0) is 38.6 Å². The molecule has 0 radical (unpaired) electrons. The molecule has 2 aromatic rings. The molecule has 0 spiro atoms. The van der Waals surface area contributed by atoms with Gasteiger partial charge < -0.3 is 14.5 Å². The highest BCUT2D eigenvalue weighted by Gasteiger charge is 2.13. The lowest BCUT2D eigenvalue weighted by molar-refractivity contribution is 0.317. The summed E-state index contributed by atoms with van der Waals surface area (Å²) in [6, 6.07) is 7.73. The SMILES string of the molecule is CCCOc1cccc(-c2nnc(C(C)NC)o2)c1. The van der Waals surface area contributed by atoms with Gasteiger partial charge in [-0.25, -0.2) is 0 Å². The van der Waals surface area contributed by atoms with Crippen LogP contribution >= 0.6 is 0 Å².